The molecule has 0 aliphatic carbocycles. The molecule has 11 heavy (non-hydrogen) atoms. The van der Waals surface area contributed by atoms with Crippen LogP contribution in [-0.4, -0.2) is 14.4 Å². The van der Waals surface area contributed by atoms with E-state index in [9.17, 15) is 4.79 Å². The van der Waals surface area contributed by atoms with Crippen molar-refractivity contribution in [1.82, 2.24) is 0 Å². The number of hydrogen-bond donors (Lipinski definition) is 0. The first kappa shape index (κ1) is 10.4. The molecule has 0 aromatic carbocycles. The van der Waals surface area contributed by atoms with Gasteiger partial charge in [-0.25, -0.2) is 0 Å². The maximum atomic E-state index is 10.5. The van der Waals surface area contributed by atoms with Gasteiger partial charge in [0.15, 0.2) is 0 Å². The molecule has 0 aromatic rings. The number of carbonyl (C=O) groups is 1. The van der Waals surface area contributed by atoms with Crippen LogP contribution in [0.5, 0.6) is 0 Å². The molecule has 0 bridgehead atoms. The Bertz CT molecular complexity index is 174. The van der Waals surface area contributed by atoms with Crippen molar-refractivity contribution in [3.63, 3.8) is 0 Å². The second kappa shape index (κ2) is 4.29. The van der Waals surface area contributed by atoms with Gasteiger partial charge in [0.25, 0.3) is 0 Å². The van der Waals surface area contributed by atoms with Crippen molar-refractivity contribution in [1.29, 1.82) is 0 Å². The molecule has 0 rings (SSSR count). The Morgan fingerprint density at radius 3 is 2.27 bits per heavy atom. The summed E-state index contributed by atoms with van der Waals surface area (Å²) in [6, 6.07) is 0. The fraction of sp³-hybridized carbons (Fsp3) is 0.444. The number of rotatable bonds is 4. The van der Waals surface area contributed by atoms with E-state index < -0.39 is 8.07 Å². The van der Waals surface area contributed by atoms with Gasteiger partial charge in [-0.15, -0.1) is 6.58 Å². The predicted octanol–water partition coefficient (Wildman–Crippen LogP) is 2.57. The van der Waals surface area contributed by atoms with Crippen molar-refractivity contribution in [2.45, 2.75) is 26.1 Å². The predicted molar refractivity (Wildman–Crippen MR) is 52.3 cm³/mol. The molecule has 0 unspecified atom stereocenters. The summed E-state index contributed by atoms with van der Waals surface area (Å²) in [4.78, 5) is 10.5. The molecule has 0 radical (unpaired) electrons. The zero-order valence-electron chi connectivity index (χ0n) is 7.55. The van der Waals surface area contributed by atoms with Gasteiger partial charge in [0.1, 0.15) is 6.29 Å². The minimum Gasteiger partial charge on any atom is -0.298 e. The third-order valence-corrected chi connectivity index (χ3v) is 2.39. The van der Waals surface area contributed by atoms with E-state index >= 15 is 0 Å². The average molecular weight is 168 g/mol. The van der Waals surface area contributed by atoms with Crippen LogP contribution in [0, 0.1) is 0 Å². The Kier molecular flexibility index (Phi) is 4.04. The molecule has 2 heteroatoms. The number of carbonyl (C=O) groups excluding carboxylic acids is 1. The summed E-state index contributed by atoms with van der Waals surface area (Å²) in [6.07, 6.45) is 3.40. The molecule has 62 valence electrons. The van der Waals surface area contributed by atoms with Gasteiger partial charge in [-0.3, -0.25) is 4.79 Å². The van der Waals surface area contributed by atoms with Gasteiger partial charge in [0.2, 0.25) is 0 Å². The van der Waals surface area contributed by atoms with Gasteiger partial charge in [-0.2, -0.15) is 0 Å². The highest BCUT2D eigenvalue weighted by Gasteiger charge is 2.09. The van der Waals surface area contributed by atoms with Crippen LogP contribution < -0.4 is 0 Å². The smallest absolute Gasteiger partial charge is 0.145 e. The normalized spacial score (nSPS) is 12.8. The van der Waals surface area contributed by atoms with Crippen LogP contribution in [0.2, 0.25) is 19.6 Å². The Labute approximate surface area is 69.8 Å². The van der Waals surface area contributed by atoms with E-state index in [0.29, 0.717) is 6.42 Å². The summed E-state index contributed by atoms with van der Waals surface area (Å²) < 4.78 is 0. The quantitative estimate of drug-likeness (QED) is 0.273. The molecule has 0 fully saturated rings. The van der Waals surface area contributed by atoms with Crippen molar-refractivity contribution in [2.75, 3.05) is 0 Å². The molecule has 0 aliphatic heterocycles. The van der Waals surface area contributed by atoms with Gasteiger partial charge in [-0.05, 0) is 12.0 Å². The van der Waals surface area contributed by atoms with Gasteiger partial charge in [0, 0.05) is 0 Å². The molecule has 0 aliphatic rings. The van der Waals surface area contributed by atoms with E-state index in [-0.39, 0.29) is 0 Å². The van der Waals surface area contributed by atoms with Crippen LogP contribution in [-0.2, 0) is 4.79 Å². The highest BCUT2D eigenvalue weighted by Crippen LogP contribution is 2.08. The van der Waals surface area contributed by atoms with E-state index in [1.54, 1.807) is 6.08 Å². The number of aldehydes is 1. The first-order chi connectivity index (χ1) is 4.99. The summed E-state index contributed by atoms with van der Waals surface area (Å²) in [5.74, 6) is 0. The molecule has 0 amide bonds. The Morgan fingerprint density at radius 2 is 2.00 bits per heavy atom. The molecule has 0 N–H and O–H groups in total. The van der Waals surface area contributed by atoms with Crippen molar-refractivity contribution >= 4 is 14.4 Å². The number of hydrogen-bond acceptors (Lipinski definition) is 1. The van der Waals surface area contributed by atoms with Gasteiger partial charge in [0.05, 0.1) is 8.07 Å². The standard InChI is InChI=1S/C9H16OSi/c1-5-6-9(7-10)8-11(2,3)4/h5,7-8H,1,6H2,2-4H3/b9-8-. The zero-order valence-corrected chi connectivity index (χ0v) is 8.55. The van der Waals surface area contributed by atoms with E-state index in [1.807, 2.05) is 0 Å². The van der Waals surface area contributed by atoms with Crippen LogP contribution in [0.4, 0.5) is 0 Å². The second-order valence-corrected chi connectivity index (χ2v) is 8.72. The molecule has 1 nitrogen and oxygen atoms in total. The SMILES string of the molecule is C=CC/C(C=O)=C/[Si](C)(C)C. The molecular weight excluding hydrogens is 152 g/mol. The highest BCUT2D eigenvalue weighted by atomic mass is 28.3. The Balaban J connectivity index is 4.34. The van der Waals surface area contributed by atoms with Crippen molar-refractivity contribution < 1.29 is 4.79 Å². The van der Waals surface area contributed by atoms with Gasteiger partial charge < -0.3 is 0 Å². The average Bonchev–Trinajstić information content (AvgIpc) is 1.84. The minimum atomic E-state index is -1.22. The third kappa shape index (κ3) is 5.79. The summed E-state index contributed by atoms with van der Waals surface area (Å²) in [5.41, 5.74) is 2.99. The van der Waals surface area contributed by atoms with Crippen molar-refractivity contribution in [3.8, 4) is 0 Å². The largest absolute Gasteiger partial charge is 0.298 e. The van der Waals surface area contributed by atoms with E-state index in [4.69, 9.17) is 0 Å². The molecule has 0 spiro atoms. The molecule has 0 heterocycles. The lowest BCUT2D eigenvalue weighted by molar-refractivity contribution is -0.104. The third-order valence-electron chi connectivity index (χ3n) is 1.15. The summed E-state index contributed by atoms with van der Waals surface area (Å²) in [5, 5.41) is 0. The van der Waals surface area contributed by atoms with E-state index in [0.717, 1.165) is 11.9 Å². The molecule has 0 aromatic heterocycles. The van der Waals surface area contributed by atoms with Crippen LogP contribution in [0.3, 0.4) is 0 Å². The first-order valence-electron chi connectivity index (χ1n) is 3.77. The molecule has 0 atom stereocenters. The fourth-order valence-corrected chi connectivity index (χ4v) is 2.16. The zero-order chi connectivity index (χ0) is 8.91. The molecule has 0 saturated heterocycles. The second-order valence-electron chi connectivity index (χ2n) is 3.70. The van der Waals surface area contributed by atoms with Crippen LogP contribution in [0.1, 0.15) is 6.42 Å². The first-order valence-corrected chi connectivity index (χ1v) is 7.35. The summed E-state index contributed by atoms with van der Waals surface area (Å²) in [6.45, 7) is 10.2. The van der Waals surface area contributed by atoms with E-state index in [1.165, 1.54) is 0 Å². The van der Waals surface area contributed by atoms with Gasteiger partial charge in [-0.1, -0.05) is 31.4 Å². The van der Waals surface area contributed by atoms with Crippen molar-refractivity contribution in [3.05, 3.63) is 23.9 Å². The maximum absolute atomic E-state index is 10.5. The topological polar surface area (TPSA) is 17.1 Å². The highest BCUT2D eigenvalue weighted by molar-refractivity contribution is 6.81. The van der Waals surface area contributed by atoms with Crippen LogP contribution >= 0.6 is 0 Å². The van der Waals surface area contributed by atoms with Gasteiger partial charge >= 0.3 is 0 Å². The lowest BCUT2D eigenvalue weighted by Gasteiger charge is -2.09. The lowest BCUT2D eigenvalue weighted by atomic mass is 10.2. The summed E-state index contributed by atoms with van der Waals surface area (Å²) >= 11 is 0. The Hall–Kier alpha value is -0.633. The van der Waals surface area contributed by atoms with Crippen molar-refractivity contribution in [2.24, 2.45) is 0 Å². The fourth-order valence-electron chi connectivity index (χ4n) is 0.864. The lowest BCUT2D eigenvalue weighted by Crippen LogP contribution is -2.17. The van der Waals surface area contributed by atoms with E-state index in [2.05, 4.69) is 31.9 Å². The van der Waals surface area contributed by atoms with Crippen LogP contribution in [0.15, 0.2) is 23.9 Å². The monoisotopic (exact) mass is 168 g/mol. The van der Waals surface area contributed by atoms with Crippen LogP contribution in [0.25, 0.3) is 0 Å². The molecule has 0 saturated carbocycles. The Morgan fingerprint density at radius 1 is 1.45 bits per heavy atom. The molecular formula is C9H16OSi. The minimum absolute atomic E-state index is 0.702. The summed E-state index contributed by atoms with van der Waals surface area (Å²) in [7, 11) is -1.22. The number of allylic oxidation sites excluding steroid dienone is 2. The maximum Gasteiger partial charge on any atom is 0.145 e.